The molecule has 0 heterocycles. The Kier molecular flexibility index (Phi) is 24.1. The molecular formula is C5H11FZn. The molecule has 0 aromatic carbocycles. The van der Waals surface area contributed by atoms with Crippen molar-refractivity contribution in [1.82, 2.24) is 0 Å². The zero-order chi connectivity index (χ0) is 6.12. The molecule has 7 heavy (non-hydrogen) atoms. The van der Waals surface area contributed by atoms with Gasteiger partial charge in [-0.25, -0.2) is 0 Å². The third-order valence-electron chi connectivity index (χ3n) is 0.604. The fourth-order valence-electron chi connectivity index (χ4n) is 0.250. The minimum absolute atomic E-state index is 0.125. The zero-order valence-electron chi connectivity index (χ0n) is 4.91. The van der Waals surface area contributed by atoms with Gasteiger partial charge in [-0.1, -0.05) is 19.8 Å². The second kappa shape index (κ2) is 16.0. The van der Waals surface area contributed by atoms with Crippen LogP contribution in [0.5, 0.6) is 0 Å². The van der Waals surface area contributed by atoms with Crippen molar-refractivity contribution in [3.8, 4) is 0 Å². The third-order valence-corrected chi connectivity index (χ3v) is 0.604. The van der Waals surface area contributed by atoms with Crippen molar-refractivity contribution in [1.29, 1.82) is 0 Å². The summed E-state index contributed by atoms with van der Waals surface area (Å²) < 4.78 is 9.62. The Labute approximate surface area is 55.7 Å². The summed E-state index contributed by atoms with van der Waals surface area (Å²) in [6.45, 7) is 5.85. The van der Waals surface area contributed by atoms with Crippen molar-refractivity contribution < 1.29 is 22.1 Å². The van der Waals surface area contributed by atoms with Gasteiger partial charge in [0, 0.05) is 0 Å². The van der Waals surface area contributed by atoms with Crippen LogP contribution in [0.3, 0.4) is 0 Å². The van der Waals surface area contributed by atoms with Gasteiger partial charge in [-0.05, 0) is 0 Å². The normalized spacial score (nSPS) is 7.00. The predicted molar refractivity (Wildman–Crippen MR) is 26.0 cm³/mol. The van der Waals surface area contributed by atoms with E-state index >= 15 is 0 Å². The van der Waals surface area contributed by atoms with Gasteiger partial charge in [0.05, 0.1) is 0 Å². The van der Waals surface area contributed by atoms with Crippen LogP contribution in [0, 0.1) is 6.92 Å². The van der Waals surface area contributed by atoms with Crippen LogP contribution >= 0.6 is 0 Å². The van der Waals surface area contributed by atoms with Crippen LogP contribution in [0.1, 0.15) is 26.2 Å². The van der Waals surface area contributed by atoms with Gasteiger partial charge in [0.2, 0.25) is 0 Å². The summed E-state index contributed by atoms with van der Waals surface area (Å²) in [6.07, 6.45) is 3.65. The standard InChI is InChI=1S/C5H11.FH.Zn/c1-3-5-4-2;;/h1,3-5H2,2H3;1H;/q-1;;+2/p-1. The number of hydrogen-bond donors (Lipinski definition) is 0. The molecule has 2 heteroatoms. The molecule has 0 fully saturated rings. The summed E-state index contributed by atoms with van der Waals surface area (Å²) >= 11 is -0.125. The summed E-state index contributed by atoms with van der Waals surface area (Å²) in [5, 5.41) is 0. The number of unbranched alkanes of at least 4 members (excludes halogenated alkanes) is 2. The SMILES string of the molecule is [CH2-]CCCC.[F][Zn+]. The maximum atomic E-state index is 9.62. The van der Waals surface area contributed by atoms with E-state index in [0.717, 1.165) is 6.42 Å². The van der Waals surface area contributed by atoms with Crippen LogP contribution in [0.2, 0.25) is 0 Å². The van der Waals surface area contributed by atoms with Crippen LogP contribution < -0.4 is 0 Å². The Morgan fingerprint density at radius 3 is 2.00 bits per heavy atom. The zero-order valence-corrected chi connectivity index (χ0v) is 7.88. The molecule has 0 saturated heterocycles. The number of halogens is 1. The van der Waals surface area contributed by atoms with E-state index in [-0.39, 0.29) is 18.8 Å². The molecule has 40 valence electrons. The average Bonchev–Trinajstić information content (AvgIpc) is 1.75. The van der Waals surface area contributed by atoms with Gasteiger partial charge >= 0.3 is 22.1 Å². The Balaban J connectivity index is 0. The molecule has 0 radical (unpaired) electrons. The first kappa shape index (κ1) is 10.5. The average molecular weight is 156 g/mol. The van der Waals surface area contributed by atoms with Gasteiger partial charge in [-0.15, -0.1) is 0 Å². The molecule has 0 amide bonds. The van der Waals surface area contributed by atoms with Gasteiger partial charge in [-0.2, -0.15) is 6.42 Å². The molecule has 0 atom stereocenters. The van der Waals surface area contributed by atoms with Crippen molar-refractivity contribution in [2.45, 2.75) is 26.2 Å². The molecule has 0 bridgehead atoms. The molecule has 0 rings (SSSR count). The Morgan fingerprint density at radius 1 is 1.57 bits per heavy atom. The molecular weight excluding hydrogens is 144 g/mol. The van der Waals surface area contributed by atoms with Gasteiger partial charge in [0.1, 0.15) is 0 Å². The molecule has 0 unspecified atom stereocenters. The maximum absolute atomic E-state index is 9.62. The van der Waals surface area contributed by atoms with E-state index in [1.54, 1.807) is 0 Å². The molecule has 0 spiro atoms. The molecule has 0 aromatic rings. The van der Waals surface area contributed by atoms with E-state index in [4.69, 9.17) is 0 Å². The van der Waals surface area contributed by atoms with E-state index in [1.165, 1.54) is 12.8 Å². The van der Waals surface area contributed by atoms with E-state index in [9.17, 15) is 3.32 Å². The molecule has 0 aromatic heterocycles. The van der Waals surface area contributed by atoms with Crippen molar-refractivity contribution in [2.24, 2.45) is 0 Å². The second-order valence-electron chi connectivity index (χ2n) is 1.21. The summed E-state index contributed by atoms with van der Waals surface area (Å²) in [5.41, 5.74) is 0. The number of hydrogen-bond acceptors (Lipinski definition) is 0. The monoisotopic (exact) mass is 154 g/mol. The molecule has 0 aliphatic carbocycles. The summed E-state index contributed by atoms with van der Waals surface area (Å²) in [7, 11) is 0. The van der Waals surface area contributed by atoms with Gasteiger partial charge < -0.3 is 6.92 Å². The minimum atomic E-state index is -0.125. The fraction of sp³-hybridized carbons (Fsp3) is 0.800. The second-order valence-corrected chi connectivity index (χ2v) is 1.21. The van der Waals surface area contributed by atoms with Crippen LogP contribution in [-0.2, 0) is 18.8 Å². The Bertz CT molecular complexity index is 15.6. The van der Waals surface area contributed by atoms with E-state index < -0.39 is 0 Å². The number of rotatable bonds is 2. The first-order valence-electron chi connectivity index (χ1n) is 2.47. The van der Waals surface area contributed by atoms with Crippen molar-refractivity contribution in [2.75, 3.05) is 0 Å². The molecule has 0 nitrogen and oxygen atoms in total. The molecule has 0 aliphatic heterocycles. The van der Waals surface area contributed by atoms with Crippen LogP contribution in [0.4, 0.5) is 3.32 Å². The van der Waals surface area contributed by atoms with Gasteiger partial charge in [-0.3, -0.25) is 0 Å². The fourth-order valence-corrected chi connectivity index (χ4v) is 0.250. The molecule has 0 saturated carbocycles. The first-order chi connectivity index (χ1) is 3.41. The van der Waals surface area contributed by atoms with E-state index in [0.29, 0.717) is 0 Å². The topological polar surface area (TPSA) is 0 Å². The predicted octanol–water partition coefficient (Wildman–Crippen LogP) is 2.43. The van der Waals surface area contributed by atoms with Crippen molar-refractivity contribution >= 4 is 0 Å². The molecule has 0 aliphatic rings. The van der Waals surface area contributed by atoms with Gasteiger partial charge in [0.25, 0.3) is 0 Å². The van der Waals surface area contributed by atoms with E-state index in [2.05, 4.69) is 13.8 Å². The van der Waals surface area contributed by atoms with Crippen molar-refractivity contribution in [3.63, 3.8) is 0 Å². The third kappa shape index (κ3) is 20.8. The first-order valence-corrected chi connectivity index (χ1v) is 3.60. The van der Waals surface area contributed by atoms with Crippen LogP contribution in [0.15, 0.2) is 0 Å². The van der Waals surface area contributed by atoms with Crippen molar-refractivity contribution in [3.05, 3.63) is 6.92 Å². The van der Waals surface area contributed by atoms with E-state index in [1.807, 2.05) is 0 Å². The summed E-state index contributed by atoms with van der Waals surface area (Å²) in [5.74, 6) is 0. The van der Waals surface area contributed by atoms with Gasteiger partial charge in [0.15, 0.2) is 0 Å². The summed E-state index contributed by atoms with van der Waals surface area (Å²) in [4.78, 5) is 0. The molecule has 0 N–H and O–H groups in total. The summed E-state index contributed by atoms with van der Waals surface area (Å²) in [6, 6.07) is 0. The Hall–Kier alpha value is 0.553. The van der Waals surface area contributed by atoms with Crippen LogP contribution in [-0.4, -0.2) is 0 Å². The quantitative estimate of drug-likeness (QED) is 0.424. The van der Waals surface area contributed by atoms with Crippen LogP contribution in [0.25, 0.3) is 0 Å². The Morgan fingerprint density at radius 2 is 2.00 bits per heavy atom.